The predicted octanol–water partition coefficient (Wildman–Crippen LogP) is 3.01. The van der Waals surface area contributed by atoms with E-state index in [1.165, 1.54) is 32.1 Å². The van der Waals surface area contributed by atoms with Crippen LogP contribution in [0.2, 0.25) is 0 Å². The van der Waals surface area contributed by atoms with Gasteiger partial charge in [-0.1, -0.05) is 12.5 Å². The van der Waals surface area contributed by atoms with E-state index in [4.69, 9.17) is 0 Å². The lowest BCUT2D eigenvalue weighted by Gasteiger charge is -2.32. The predicted molar refractivity (Wildman–Crippen MR) is 77.4 cm³/mol. The third-order valence-corrected chi connectivity index (χ3v) is 6.04. The zero-order valence-corrected chi connectivity index (χ0v) is 11.8. The Labute approximate surface area is 120 Å². The summed E-state index contributed by atoms with van der Waals surface area (Å²) >= 11 is 0. The van der Waals surface area contributed by atoms with Gasteiger partial charge in [0.05, 0.1) is 0 Å². The fourth-order valence-corrected chi connectivity index (χ4v) is 5.23. The third kappa shape index (κ3) is 1.91. The van der Waals surface area contributed by atoms with Crippen molar-refractivity contribution in [3.05, 3.63) is 23.8 Å². The lowest BCUT2D eigenvalue weighted by Crippen LogP contribution is -2.38. The standard InChI is InChI=1S/C17H23NO2/c19-16-5-4-10(6-17(16)20)9-18-15-8-11-7-14(15)13-3-1-2-12(11)13/h4-6,11-15,18-20H,1-3,7-9H2. The van der Waals surface area contributed by atoms with E-state index in [0.717, 1.165) is 35.8 Å². The first-order valence-electron chi connectivity index (χ1n) is 7.96. The normalized spacial score (nSPS) is 38.3. The Morgan fingerprint density at radius 3 is 2.70 bits per heavy atom. The van der Waals surface area contributed by atoms with Crippen molar-refractivity contribution >= 4 is 0 Å². The fraction of sp³-hybridized carbons (Fsp3) is 0.647. The van der Waals surface area contributed by atoms with Gasteiger partial charge < -0.3 is 15.5 Å². The minimum atomic E-state index is -0.0394. The molecule has 4 rings (SSSR count). The summed E-state index contributed by atoms with van der Waals surface area (Å²) in [5.41, 5.74) is 1.05. The van der Waals surface area contributed by atoms with Gasteiger partial charge in [-0.05, 0) is 67.1 Å². The van der Waals surface area contributed by atoms with Gasteiger partial charge in [-0.15, -0.1) is 0 Å². The van der Waals surface area contributed by atoms with Gasteiger partial charge in [-0.2, -0.15) is 0 Å². The van der Waals surface area contributed by atoms with E-state index >= 15 is 0 Å². The first-order chi connectivity index (χ1) is 9.72. The number of rotatable bonds is 3. The number of hydrogen-bond donors (Lipinski definition) is 3. The van der Waals surface area contributed by atoms with Gasteiger partial charge in [-0.25, -0.2) is 0 Å². The summed E-state index contributed by atoms with van der Waals surface area (Å²) in [5.74, 6) is 3.82. The Hall–Kier alpha value is -1.22. The average molecular weight is 273 g/mol. The average Bonchev–Trinajstić information content (AvgIpc) is 3.11. The molecule has 0 radical (unpaired) electrons. The van der Waals surface area contributed by atoms with E-state index in [1.807, 2.05) is 6.07 Å². The number of phenols is 2. The van der Waals surface area contributed by atoms with Gasteiger partial charge in [0, 0.05) is 12.6 Å². The van der Waals surface area contributed by atoms with Gasteiger partial charge in [0.25, 0.3) is 0 Å². The molecule has 0 aromatic heterocycles. The van der Waals surface area contributed by atoms with Crippen molar-refractivity contribution in [3.8, 4) is 11.5 Å². The Bertz CT molecular complexity index is 516. The molecule has 20 heavy (non-hydrogen) atoms. The molecule has 3 aliphatic rings. The summed E-state index contributed by atoms with van der Waals surface area (Å²) in [6.45, 7) is 0.791. The molecule has 1 aromatic rings. The Balaban J connectivity index is 1.40. The number of benzene rings is 1. The molecule has 0 spiro atoms. The molecule has 3 heteroatoms. The van der Waals surface area contributed by atoms with E-state index in [9.17, 15) is 10.2 Å². The van der Waals surface area contributed by atoms with Crippen molar-refractivity contribution in [1.29, 1.82) is 0 Å². The lowest BCUT2D eigenvalue weighted by molar-refractivity contribution is 0.208. The van der Waals surface area contributed by atoms with Crippen molar-refractivity contribution in [1.82, 2.24) is 5.32 Å². The zero-order valence-electron chi connectivity index (χ0n) is 11.8. The van der Waals surface area contributed by atoms with Crippen LogP contribution >= 0.6 is 0 Å². The smallest absolute Gasteiger partial charge is 0.157 e. The summed E-state index contributed by atoms with van der Waals surface area (Å²) in [6.07, 6.45) is 7.15. The van der Waals surface area contributed by atoms with Crippen LogP contribution in [0.1, 0.15) is 37.7 Å². The first kappa shape index (κ1) is 12.5. The molecule has 2 bridgehead atoms. The fourth-order valence-electron chi connectivity index (χ4n) is 5.23. The first-order valence-corrected chi connectivity index (χ1v) is 7.96. The van der Waals surface area contributed by atoms with Crippen LogP contribution < -0.4 is 5.32 Å². The highest BCUT2D eigenvalue weighted by molar-refractivity contribution is 5.40. The monoisotopic (exact) mass is 273 g/mol. The minimum Gasteiger partial charge on any atom is -0.504 e. The van der Waals surface area contributed by atoms with Gasteiger partial charge >= 0.3 is 0 Å². The van der Waals surface area contributed by atoms with Crippen LogP contribution in [0.25, 0.3) is 0 Å². The van der Waals surface area contributed by atoms with E-state index < -0.39 is 0 Å². The van der Waals surface area contributed by atoms with Crippen molar-refractivity contribution in [3.63, 3.8) is 0 Å². The molecule has 0 aliphatic heterocycles. The summed E-state index contributed by atoms with van der Waals surface area (Å²) in [6, 6.07) is 5.78. The number of aromatic hydroxyl groups is 2. The number of nitrogens with one attached hydrogen (secondary N) is 1. The maximum absolute atomic E-state index is 9.54. The molecule has 5 atom stereocenters. The van der Waals surface area contributed by atoms with Crippen LogP contribution in [0.4, 0.5) is 0 Å². The molecule has 3 fully saturated rings. The second-order valence-electron chi connectivity index (χ2n) is 6.96. The Morgan fingerprint density at radius 1 is 1.00 bits per heavy atom. The molecule has 3 N–H and O–H groups in total. The summed E-state index contributed by atoms with van der Waals surface area (Å²) in [4.78, 5) is 0. The highest BCUT2D eigenvalue weighted by atomic mass is 16.3. The SMILES string of the molecule is Oc1ccc(CNC2CC3CC2C2CCCC32)cc1O. The lowest BCUT2D eigenvalue weighted by atomic mass is 9.79. The number of fused-ring (bicyclic) bond motifs is 5. The molecule has 3 saturated carbocycles. The molecule has 0 saturated heterocycles. The van der Waals surface area contributed by atoms with Crippen molar-refractivity contribution in [2.24, 2.45) is 23.7 Å². The molecular formula is C17H23NO2. The van der Waals surface area contributed by atoms with Gasteiger partial charge in [0.1, 0.15) is 0 Å². The van der Waals surface area contributed by atoms with Crippen LogP contribution in [0, 0.1) is 23.7 Å². The van der Waals surface area contributed by atoms with Gasteiger partial charge in [-0.3, -0.25) is 0 Å². The molecule has 3 aliphatic carbocycles. The highest BCUT2D eigenvalue weighted by Gasteiger charge is 2.53. The summed E-state index contributed by atoms with van der Waals surface area (Å²) < 4.78 is 0. The highest BCUT2D eigenvalue weighted by Crippen LogP contribution is 2.58. The largest absolute Gasteiger partial charge is 0.504 e. The zero-order chi connectivity index (χ0) is 13.7. The van der Waals surface area contributed by atoms with E-state index in [0.29, 0.717) is 6.04 Å². The summed E-state index contributed by atoms with van der Waals surface area (Å²) in [5, 5.41) is 22.6. The van der Waals surface area contributed by atoms with E-state index in [1.54, 1.807) is 12.1 Å². The van der Waals surface area contributed by atoms with Crippen molar-refractivity contribution < 1.29 is 10.2 Å². The maximum atomic E-state index is 9.54. The van der Waals surface area contributed by atoms with Crippen LogP contribution in [-0.4, -0.2) is 16.3 Å². The van der Waals surface area contributed by atoms with Crippen LogP contribution in [0.3, 0.4) is 0 Å². The molecule has 0 amide bonds. The third-order valence-electron chi connectivity index (χ3n) is 6.04. The molecule has 3 nitrogen and oxygen atoms in total. The van der Waals surface area contributed by atoms with Gasteiger partial charge in [0.15, 0.2) is 11.5 Å². The van der Waals surface area contributed by atoms with Crippen molar-refractivity contribution in [2.45, 2.75) is 44.7 Å². The molecule has 1 aromatic carbocycles. The number of phenolic OH excluding ortho intramolecular Hbond substituents is 2. The summed E-state index contributed by atoms with van der Waals surface area (Å²) in [7, 11) is 0. The van der Waals surface area contributed by atoms with Gasteiger partial charge in [0.2, 0.25) is 0 Å². The maximum Gasteiger partial charge on any atom is 0.157 e. The molecule has 0 heterocycles. The molecule has 108 valence electrons. The second-order valence-corrected chi connectivity index (χ2v) is 6.96. The number of hydrogen-bond acceptors (Lipinski definition) is 3. The molecule has 5 unspecified atom stereocenters. The van der Waals surface area contributed by atoms with E-state index in [2.05, 4.69) is 5.32 Å². The minimum absolute atomic E-state index is 0.0203. The Morgan fingerprint density at radius 2 is 1.85 bits per heavy atom. The van der Waals surface area contributed by atoms with Crippen LogP contribution in [0.15, 0.2) is 18.2 Å². The Kier molecular flexibility index (Phi) is 2.92. The quantitative estimate of drug-likeness (QED) is 0.742. The van der Waals surface area contributed by atoms with Crippen LogP contribution in [0.5, 0.6) is 11.5 Å². The van der Waals surface area contributed by atoms with Crippen LogP contribution in [-0.2, 0) is 6.54 Å². The topological polar surface area (TPSA) is 52.5 Å². The van der Waals surface area contributed by atoms with E-state index in [-0.39, 0.29) is 11.5 Å². The van der Waals surface area contributed by atoms with Crippen molar-refractivity contribution in [2.75, 3.05) is 0 Å². The molecular weight excluding hydrogens is 250 g/mol. The second kappa shape index (κ2) is 4.66.